The number of rotatable bonds is 5. The predicted octanol–water partition coefficient (Wildman–Crippen LogP) is 3.44. The highest BCUT2D eigenvalue weighted by molar-refractivity contribution is 7.89. The summed E-state index contributed by atoms with van der Waals surface area (Å²) in [6, 6.07) is 1.52. The highest BCUT2D eigenvalue weighted by atomic mass is 32.2. The summed E-state index contributed by atoms with van der Waals surface area (Å²) in [5.74, 6) is -0.184. The molecule has 1 aliphatic carbocycles. The molecule has 1 fully saturated rings. The molecular weight excluding hydrogens is 346 g/mol. The van der Waals surface area contributed by atoms with E-state index in [0.29, 0.717) is 25.6 Å². The Balaban J connectivity index is 1.69. The van der Waals surface area contributed by atoms with Gasteiger partial charge in [-0.3, -0.25) is 0 Å². The second-order valence-corrected chi connectivity index (χ2v) is 9.15. The summed E-state index contributed by atoms with van der Waals surface area (Å²) in [6.45, 7) is 1.41. The third kappa shape index (κ3) is 3.90. The number of nitrogens with zero attached hydrogens (tertiary/aromatic N) is 1. The van der Waals surface area contributed by atoms with Gasteiger partial charge in [0.2, 0.25) is 10.0 Å². The van der Waals surface area contributed by atoms with E-state index in [9.17, 15) is 13.2 Å². The normalized spacial score (nSPS) is 22.4. The Bertz CT molecular complexity index is 702. The lowest BCUT2D eigenvalue weighted by atomic mass is 9.95. The molecule has 1 saturated heterocycles. The van der Waals surface area contributed by atoms with Crippen molar-refractivity contribution in [1.82, 2.24) is 4.31 Å². The van der Waals surface area contributed by atoms with Crippen LogP contribution in [0.15, 0.2) is 28.5 Å². The van der Waals surface area contributed by atoms with Crippen LogP contribution in [0.2, 0.25) is 0 Å². The molecule has 2 heterocycles. The molecule has 0 N–H and O–H groups in total. The van der Waals surface area contributed by atoms with Crippen LogP contribution in [0.1, 0.15) is 48.2 Å². The maximum Gasteiger partial charge on any atom is 0.349 e. The molecule has 1 atom stereocenters. The average molecular weight is 370 g/mol. The van der Waals surface area contributed by atoms with Crippen LogP contribution in [-0.2, 0) is 14.8 Å². The lowest BCUT2D eigenvalue weighted by molar-refractivity contribution is 0.0433. The van der Waals surface area contributed by atoms with E-state index < -0.39 is 16.0 Å². The van der Waals surface area contributed by atoms with Crippen LogP contribution in [0.4, 0.5) is 0 Å². The van der Waals surface area contributed by atoms with Gasteiger partial charge in [0.1, 0.15) is 9.77 Å². The lowest BCUT2D eigenvalue weighted by Gasteiger charge is -2.25. The summed E-state index contributed by atoms with van der Waals surface area (Å²) in [7, 11) is -3.61. The molecule has 24 heavy (non-hydrogen) atoms. The Morgan fingerprint density at radius 3 is 2.75 bits per heavy atom. The molecule has 7 heteroatoms. The summed E-state index contributed by atoms with van der Waals surface area (Å²) in [5.41, 5.74) is 0. The van der Waals surface area contributed by atoms with E-state index in [1.54, 1.807) is 5.38 Å². The molecule has 0 spiro atoms. The first-order valence-corrected chi connectivity index (χ1v) is 10.8. The zero-order valence-electron chi connectivity index (χ0n) is 13.6. The third-order valence-corrected chi connectivity index (χ3v) is 7.54. The molecule has 1 aromatic heterocycles. The second kappa shape index (κ2) is 7.80. The van der Waals surface area contributed by atoms with Crippen molar-refractivity contribution < 1.29 is 17.9 Å². The van der Waals surface area contributed by atoms with E-state index in [-0.39, 0.29) is 9.77 Å². The topological polar surface area (TPSA) is 63.7 Å². The molecule has 1 unspecified atom stereocenters. The summed E-state index contributed by atoms with van der Waals surface area (Å²) in [4.78, 5) is 12.7. The Hall–Kier alpha value is -1.18. The largest absolute Gasteiger partial charge is 0.461 e. The zero-order chi connectivity index (χ0) is 17.0. The molecule has 1 aromatic rings. The van der Waals surface area contributed by atoms with Gasteiger partial charge in [-0.05, 0) is 49.5 Å². The lowest BCUT2D eigenvalue weighted by Crippen LogP contribution is -2.36. The van der Waals surface area contributed by atoms with E-state index in [2.05, 4.69) is 12.2 Å². The monoisotopic (exact) mass is 369 g/mol. The second-order valence-electron chi connectivity index (χ2n) is 6.33. The molecule has 0 saturated carbocycles. The van der Waals surface area contributed by atoms with Crippen molar-refractivity contribution in [2.75, 3.05) is 19.7 Å². The van der Waals surface area contributed by atoms with Gasteiger partial charge in [-0.1, -0.05) is 18.6 Å². The van der Waals surface area contributed by atoms with Crippen LogP contribution in [0, 0.1) is 5.92 Å². The van der Waals surface area contributed by atoms with Crippen molar-refractivity contribution in [2.24, 2.45) is 5.92 Å². The van der Waals surface area contributed by atoms with Crippen LogP contribution >= 0.6 is 11.3 Å². The van der Waals surface area contributed by atoms with Gasteiger partial charge in [0.05, 0.1) is 6.61 Å². The minimum Gasteiger partial charge on any atom is -0.461 e. The van der Waals surface area contributed by atoms with Crippen molar-refractivity contribution in [3.63, 3.8) is 0 Å². The van der Waals surface area contributed by atoms with E-state index in [1.165, 1.54) is 10.4 Å². The van der Waals surface area contributed by atoms with E-state index in [4.69, 9.17) is 4.74 Å². The van der Waals surface area contributed by atoms with Crippen LogP contribution < -0.4 is 0 Å². The van der Waals surface area contributed by atoms with Crippen molar-refractivity contribution in [3.8, 4) is 0 Å². The minimum atomic E-state index is -3.61. The number of carbonyl (C=O) groups is 1. The van der Waals surface area contributed by atoms with Crippen LogP contribution in [0.3, 0.4) is 0 Å². The van der Waals surface area contributed by atoms with Crippen LogP contribution in [-0.4, -0.2) is 38.4 Å². The predicted molar refractivity (Wildman–Crippen MR) is 93.7 cm³/mol. The molecule has 3 rings (SSSR count). The van der Waals surface area contributed by atoms with Crippen molar-refractivity contribution in [2.45, 2.75) is 43.4 Å². The molecule has 132 valence electrons. The third-order valence-electron chi connectivity index (χ3n) is 4.58. The van der Waals surface area contributed by atoms with Crippen LogP contribution in [0.5, 0.6) is 0 Å². The summed E-state index contributed by atoms with van der Waals surface area (Å²) >= 11 is 1.14. The van der Waals surface area contributed by atoms with Gasteiger partial charge in [0.25, 0.3) is 0 Å². The average Bonchev–Trinajstić information content (AvgIpc) is 3.12. The standard InChI is InChI=1S/C17H23NO4S2/c19-17(22-13-14-7-3-1-4-8-14)16-15(9-12-23-16)24(20,21)18-10-5-2-6-11-18/h1,3,9,12,14H,2,4-8,10-11,13H2. The molecule has 0 bridgehead atoms. The number of esters is 1. The van der Waals surface area contributed by atoms with E-state index >= 15 is 0 Å². The van der Waals surface area contributed by atoms with Crippen molar-refractivity contribution in [3.05, 3.63) is 28.5 Å². The Kier molecular flexibility index (Phi) is 5.73. The number of allylic oxidation sites excluding steroid dienone is 2. The van der Waals surface area contributed by atoms with Crippen molar-refractivity contribution >= 4 is 27.3 Å². The van der Waals surface area contributed by atoms with Crippen molar-refractivity contribution in [1.29, 1.82) is 0 Å². The number of sulfonamides is 1. The molecule has 1 aliphatic heterocycles. The number of hydrogen-bond acceptors (Lipinski definition) is 5. The van der Waals surface area contributed by atoms with Gasteiger partial charge in [0.15, 0.2) is 0 Å². The fourth-order valence-corrected chi connectivity index (χ4v) is 5.96. The fourth-order valence-electron chi connectivity index (χ4n) is 3.16. The highest BCUT2D eigenvalue weighted by Gasteiger charge is 2.31. The van der Waals surface area contributed by atoms with Gasteiger partial charge < -0.3 is 4.74 Å². The zero-order valence-corrected chi connectivity index (χ0v) is 15.3. The Labute approximate surface area is 147 Å². The van der Waals surface area contributed by atoms with Gasteiger partial charge in [-0.25, -0.2) is 13.2 Å². The maximum absolute atomic E-state index is 12.8. The summed E-state index contributed by atoms with van der Waals surface area (Å²) in [6.07, 6.45) is 9.98. The molecule has 0 radical (unpaired) electrons. The fraction of sp³-hybridized carbons (Fsp3) is 0.588. The first kappa shape index (κ1) is 17.6. The van der Waals surface area contributed by atoms with E-state index in [1.807, 2.05) is 0 Å². The number of hydrogen-bond donors (Lipinski definition) is 0. The van der Waals surface area contributed by atoms with Gasteiger partial charge in [0, 0.05) is 13.1 Å². The number of carbonyl (C=O) groups excluding carboxylic acids is 1. The summed E-state index contributed by atoms with van der Waals surface area (Å²) in [5, 5.41) is 1.65. The van der Waals surface area contributed by atoms with Gasteiger partial charge in [-0.15, -0.1) is 11.3 Å². The highest BCUT2D eigenvalue weighted by Crippen LogP contribution is 2.28. The molecule has 0 amide bonds. The van der Waals surface area contributed by atoms with Gasteiger partial charge in [-0.2, -0.15) is 4.31 Å². The Morgan fingerprint density at radius 2 is 2.04 bits per heavy atom. The molecule has 5 nitrogen and oxygen atoms in total. The SMILES string of the molecule is O=C(OCC1CC=CCC1)c1sccc1S(=O)(=O)N1CCCCC1. The first-order chi connectivity index (χ1) is 11.6. The smallest absolute Gasteiger partial charge is 0.349 e. The number of piperidine rings is 1. The Morgan fingerprint density at radius 1 is 1.25 bits per heavy atom. The number of ether oxygens (including phenoxy) is 1. The maximum atomic E-state index is 12.8. The molecular formula is C17H23NO4S2. The van der Waals surface area contributed by atoms with E-state index in [0.717, 1.165) is 49.9 Å². The number of thiophene rings is 1. The quantitative estimate of drug-likeness (QED) is 0.589. The molecule has 0 aromatic carbocycles. The first-order valence-electron chi connectivity index (χ1n) is 8.49. The molecule has 2 aliphatic rings. The van der Waals surface area contributed by atoms with Gasteiger partial charge >= 0.3 is 5.97 Å². The minimum absolute atomic E-state index is 0.0999. The van der Waals surface area contributed by atoms with Crippen LogP contribution in [0.25, 0.3) is 0 Å². The summed E-state index contributed by atoms with van der Waals surface area (Å²) < 4.78 is 32.5.